The molecule has 3 rings (SSSR count). The number of nitrogens with zero attached hydrogens (tertiary/aromatic N) is 1. The second kappa shape index (κ2) is 3.74. The predicted molar refractivity (Wildman–Crippen MR) is 79.5 cm³/mol. The first kappa shape index (κ1) is 11.6. The first-order chi connectivity index (χ1) is 8.57. The number of benzene rings is 2. The molecule has 0 saturated heterocycles. The summed E-state index contributed by atoms with van der Waals surface area (Å²) in [6.45, 7) is 10.4. The van der Waals surface area contributed by atoms with E-state index in [1.54, 1.807) is 0 Å². The van der Waals surface area contributed by atoms with Gasteiger partial charge in [0, 0.05) is 29.1 Å². The molecule has 1 aliphatic heterocycles. The molecule has 0 saturated carbocycles. The summed E-state index contributed by atoms with van der Waals surface area (Å²) in [5, 5.41) is 2.74. The first-order valence-corrected chi connectivity index (χ1v) is 6.86. The summed E-state index contributed by atoms with van der Waals surface area (Å²) >= 11 is 0. The molecule has 2 aromatic rings. The zero-order valence-electron chi connectivity index (χ0n) is 11.7. The summed E-state index contributed by atoms with van der Waals surface area (Å²) in [6, 6.07) is 13.9. The number of anilines is 1. The smallest absolute Gasteiger partial charge is 0.0487 e. The van der Waals surface area contributed by atoms with Crippen molar-refractivity contribution in [3.63, 3.8) is 0 Å². The van der Waals surface area contributed by atoms with Gasteiger partial charge in [-0.2, -0.15) is 0 Å². The van der Waals surface area contributed by atoms with Gasteiger partial charge in [0.25, 0.3) is 0 Å². The second-order valence-corrected chi connectivity index (χ2v) is 5.87. The molecule has 0 amide bonds. The van der Waals surface area contributed by atoms with Crippen LogP contribution in [-0.2, 0) is 5.41 Å². The van der Waals surface area contributed by atoms with Gasteiger partial charge < -0.3 is 4.90 Å². The zero-order valence-corrected chi connectivity index (χ0v) is 11.7. The Labute approximate surface area is 109 Å². The maximum Gasteiger partial charge on any atom is 0.0487 e. The van der Waals surface area contributed by atoms with Gasteiger partial charge in [-0.05, 0) is 24.8 Å². The van der Waals surface area contributed by atoms with E-state index >= 15 is 0 Å². The molecule has 2 aromatic carbocycles. The fourth-order valence-corrected chi connectivity index (χ4v) is 3.32. The minimum Gasteiger partial charge on any atom is -0.367 e. The van der Waals surface area contributed by atoms with Crippen LogP contribution in [0.1, 0.15) is 33.3 Å². The third-order valence-corrected chi connectivity index (χ3v) is 4.73. The van der Waals surface area contributed by atoms with Crippen molar-refractivity contribution in [2.45, 2.75) is 39.2 Å². The Morgan fingerprint density at radius 2 is 1.83 bits per heavy atom. The summed E-state index contributed by atoms with van der Waals surface area (Å²) < 4.78 is 0. The van der Waals surface area contributed by atoms with Crippen molar-refractivity contribution in [1.29, 1.82) is 0 Å². The molecule has 94 valence electrons. The number of hydrogen-bond donors (Lipinski definition) is 0. The van der Waals surface area contributed by atoms with Crippen molar-refractivity contribution in [2.24, 2.45) is 0 Å². The SMILES string of the molecule is CCN1c2c(ccc3ccccc23)C(C)(C)C1C. The summed E-state index contributed by atoms with van der Waals surface area (Å²) in [4.78, 5) is 2.55. The molecule has 0 bridgehead atoms. The molecule has 1 nitrogen and oxygen atoms in total. The van der Waals surface area contributed by atoms with Crippen LogP contribution in [-0.4, -0.2) is 12.6 Å². The van der Waals surface area contributed by atoms with E-state index in [0.717, 1.165) is 6.54 Å². The van der Waals surface area contributed by atoms with E-state index in [-0.39, 0.29) is 5.41 Å². The molecular formula is C17H21N. The van der Waals surface area contributed by atoms with Crippen molar-refractivity contribution in [2.75, 3.05) is 11.4 Å². The maximum atomic E-state index is 2.55. The maximum absolute atomic E-state index is 2.55. The van der Waals surface area contributed by atoms with Gasteiger partial charge >= 0.3 is 0 Å². The highest BCUT2D eigenvalue weighted by molar-refractivity contribution is 5.98. The highest BCUT2D eigenvalue weighted by atomic mass is 15.2. The number of likely N-dealkylation sites (N-methyl/N-ethyl adjacent to an activating group) is 1. The fourth-order valence-electron chi connectivity index (χ4n) is 3.32. The normalized spacial score (nSPS) is 21.3. The summed E-state index contributed by atoms with van der Waals surface area (Å²) in [5.74, 6) is 0. The highest BCUT2D eigenvalue weighted by Gasteiger charge is 2.41. The molecule has 1 heterocycles. The Morgan fingerprint density at radius 3 is 2.56 bits per heavy atom. The van der Waals surface area contributed by atoms with Crippen LogP contribution in [0.2, 0.25) is 0 Å². The average Bonchev–Trinajstić information content (AvgIpc) is 2.58. The molecule has 0 aromatic heterocycles. The molecule has 0 N–H and O–H groups in total. The highest BCUT2D eigenvalue weighted by Crippen LogP contribution is 2.48. The van der Waals surface area contributed by atoms with Gasteiger partial charge in [-0.1, -0.05) is 50.2 Å². The molecule has 18 heavy (non-hydrogen) atoms. The Balaban J connectivity index is 2.37. The largest absolute Gasteiger partial charge is 0.367 e. The van der Waals surface area contributed by atoms with Gasteiger partial charge in [0.05, 0.1) is 0 Å². The van der Waals surface area contributed by atoms with Crippen LogP contribution in [0.5, 0.6) is 0 Å². The fraction of sp³-hybridized carbons (Fsp3) is 0.412. The lowest BCUT2D eigenvalue weighted by Gasteiger charge is -2.30. The summed E-state index contributed by atoms with van der Waals surface area (Å²) in [7, 11) is 0. The van der Waals surface area contributed by atoms with Gasteiger partial charge in [-0.25, -0.2) is 0 Å². The molecular weight excluding hydrogens is 218 g/mol. The summed E-state index contributed by atoms with van der Waals surface area (Å²) in [5.41, 5.74) is 3.18. The lowest BCUT2D eigenvalue weighted by Crippen LogP contribution is -2.38. The predicted octanol–water partition coefficient (Wildman–Crippen LogP) is 4.35. The third kappa shape index (κ3) is 1.33. The standard InChI is InChI=1S/C17H21N/c1-5-18-12(2)17(3,4)15-11-10-13-8-6-7-9-14(13)16(15)18/h6-12H,5H2,1-4H3. The topological polar surface area (TPSA) is 3.24 Å². The number of hydrogen-bond acceptors (Lipinski definition) is 1. The molecule has 1 unspecified atom stereocenters. The van der Waals surface area contributed by atoms with Crippen LogP contribution in [0.3, 0.4) is 0 Å². The van der Waals surface area contributed by atoms with E-state index in [1.165, 1.54) is 22.0 Å². The lowest BCUT2D eigenvalue weighted by molar-refractivity contribution is 0.445. The van der Waals surface area contributed by atoms with Crippen molar-refractivity contribution >= 4 is 16.5 Å². The van der Waals surface area contributed by atoms with Gasteiger partial charge in [0.2, 0.25) is 0 Å². The van der Waals surface area contributed by atoms with Gasteiger partial charge in [0.1, 0.15) is 0 Å². The minimum absolute atomic E-state index is 0.232. The van der Waals surface area contributed by atoms with Crippen molar-refractivity contribution in [3.05, 3.63) is 42.0 Å². The van der Waals surface area contributed by atoms with Crippen LogP contribution in [0, 0.1) is 0 Å². The van der Waals surface area contributed by atoms with E-state index in [9.17, 15) is 0 Å². The number of fused-ring (bicyclic) bond motifs is 3. The van der Waals surface area contributed by atoms with Crippen molar-refractivity contribution in [1.82, 2.24) is 0 Å². The van der Waals surface area contributed by atoms with Crippen molar-refractivity contribution in [3.8, 4) is 0 Å². The molecule has 1 aliphatic rings. The molecule has 0 spiro atoms. The van der Waals surface area contributed by atoms with Gasteiger partial charge in [0.15, 0.2) is 0 Å². The lowest BCUT2D eigenvalue weighted by atomic mass is 9.81. The van der Waals surface area contributed by atoms with Crippen LogP contribution in [0.25, 0.3) is 10.8 Å². The van der Waals surface area contributed by atoms with Gasteiger partial charge in [-0.3, -0.25) is 0 Å². The van der Waals surface area contributed by atoms with Crippen LogP contribution in [0.15, 0.2) is 36.4 Å². The van der Waals surface area contributed by atoms with E-state index in [2.05, 4.69) is 69.0 Å². The van der Waals surface area contributed by atoms with E-state index in [1.807, 2.05) is 0 Å². The second-order valence-electron chi connectivity index (χ2n) is 5.87. The quantitative estimate of drug-likeness (QED) is 0.715. The molecule has 0 fully saturated rings. The minimum atomic E-state index is 0.232. The Morgan fingerprint density at radius 1 is 1.11 bits per heavy atom. The van der Waals surface area contributed by atoms with Crippen LogP contribution >= 0.6 is 0 Å². The third-order valence-electron chi connectivity index (χ3n) is 4.73. The Bertz CT molecular complexity index is 598. The molecule has 1 heteroatoms. The van der Waals surface area contributed by atoms with Crippen LogP contribution in [0.4, 0.5) is 5.69 Å². The monoisotopic (exact) mass is 239 g/mol. The van der Waals surface area contributed by atoms with E-state index in [0.29, 0.717) is 6.04 Å². The molecule has 0 aliphatic carbocycles. The molecule has 1 atom stereocenters. The first-order valence-electron chi connectivity index (χ1n) is 6.86. The average molecular weight is 239 g/mol. The van der Waals surface area contributed by atoms with E-state index < -0.39 is 0 Å². The number of rotatable bonds is 1. The molecule has 0 radical (unpaired) electrons. The summed E-state index contributed by atoms with van der Waals surface area (Å²) in [6.07, 6.45) is 0. The Hall–Kier alpha value is -1.50. The van der Waals surface area contributed by atoms with Crippen LogP contribution < -0.4 is 4.90 Å². The van der Waals surface area contributed by atoms with Crippen molar-refractivity contribution < 1.29 is 0 Å². The van der Waals surface area contributed by atoms with Gasteiger partial charge in [-0.15, -0.1) is 0 Å². The zero-order chi connectivity index (χ0) is 12.9. The Kier molecular flexibility index (Phi) is 2.41. The van der Waals surface area contributed by atoms with E-state index in [4.69, 9.17) is 0 Å².